The minimum atomic E-state index is -1.01. The molecule has 1 saturated heterocycles. The maximum Gasteiger partial charge on any atom is 0.357 e. The summed E-state index contributed by atoms with van der Waals surface area (Å²) in [6, 6.07) is 16.0. The van der Waals surface area contributed by atoms with Crippen molar-refractivity contribution in [2.45, 2.75) is 90.0 Å². The number of rotatable bonds is 12. The molecule has 10 heteroatoms. The van der Waals surface area contributed by atoms with Crippen molar-refractivity contribution in [1.29, 1.82) is 0 Å². The number of nitrogens with zero attached hydrogens (tertiary/aromatic N) is 1. The monoisotopic (exact) mass is 647 g/mol. The summed E-state index contributed by atoms with van der Waals surface area (Å²) < 4.78 is 23.9. The quantitative estimate of drug-likeness (QED) is 0.186. The molecule has 1 aromatic heterocycles. The topological polar surface area (TPSA) is 132 Å². The van der Waals surface area contributed by atoms with E-state index >= 15 is 0 Å². The Kier molecular flexibility index (Phi) is 11.1. The van der Waals surface area contributed by atoms with Gasteiger partial charge in [0.05, 0.1) is 6.04 Å². The molecule has 1 unspecified atom stereocenters. The molecule has 1 amide bonds. The number of likely N-dealkylation sites (tertiary alicyclic amines) is 1. The number of carbonyl (C=O) groups excluding carboxylic acids is 4. The number of nitrogens with one attached hydrogen (secondary N) is 1. The third-order valence-electron chi connectivity index (χ3n) is 9.73. The molecule has 2 aromatic carbocycles. The van der Waals surface area contributed by atoms with E-state index < -0.39 is 37.0 Å². The molecule has 1 aliphatic heterocycles. The van der Waals surface area contributed by atoms with Crippen LogP contribution in [0.15, 0.2) is 54.6 Å². The van der Waals surface area contributed by atoms with Gasteiger partial charge in [0.1, 0.15) is 12.4 Å². The Hall–Kier alpha value is -4.05. The molecule has 3 N–H and O–H groups in total. The van der Waals surface area contributed by atoms with Crippen LogP contribution < -0.4 is 5.73 Å². The molecule has 3 aromatic rings. The molecule has 0 spiro atoms. The molecule has 0 bridgehead atoms. The van der Waals surface area contributed by atoms with Gasteiger partial charge in [-0.3, -0.25) is 14.4 Å². The highest BCUT2D eigenvalue weighted by atomic mass is 19.1. The molecular formula is C37H46FN3O6. The lowest BCUT2D eigenvalue weighted by Crippen LogP contribution is -2.47. The number of alkyl halides is 1. The molecule has 2 fully saturated rings. The first kappa shape index (κ1) is 34.3. The number of esters is 2. The van der Waals surface area contributed by atoms with Gasteiger partial charge in [-0.25, -0.2) is 9.18 Å². The van der Waals surface area contributed by atoms with Crippen molar-refractivity contribution in [3.05, 3.63) is 71.4 Å². The van der Waals surface area contributed by atoms with Crippen LogP contribution in [0.3, 0.4) is 0 Å². The molecule has 2 aliphatic rings. The fourth-order valence-electron chi connectivity index (χ4n) is 7.03. The molecule has 1 aliphatic carbocycles. The third kappa shape index (κ3) is 7.92. The first-order chi connectivity index (χ1) is 22.6. The lowest BCUT2D eigenvalue weighted by molar-refractivity contribution is -0.175. The number of halogens is 1. The minimum Gasteiger partial charge on any atom is -0.425 e. The van der Waals surface area contributed by atoms with Crippen molar-refractivity contribution in [1.82, 2.24) is 9.88 Å². The van der Waals surface area contributed by atoms with Crippen molar-refractivity contribution >= 4 is 34.5 Å². The number of carbonyl (C=O) groups is 4. The molecule has 5 rings (SSSR count). The van der Waals surface area contributed by atoms with E-state index in [1.807, 2.05) is 48.5 Å². The highest BCUT2D eigenvalue weighted by Crippen LogP contribution is 2.39. The smallest absolute Gasteiger partial charge is 0.357 e. The van der Waals surface area contributed by atoms with Gasteiger partial charge in [0, 0.05) is 54.1 Å². The van der Waals surface area contributed by atoms with E-state index in [-0.39, 0.29) is 53.9 Å². The second-order valence-corrected chi connectivity index (χ2v) is 13.3. The van der Waals surface area contributed by atoms with E-state index in [0.717, 1.165) is 16.5 Å². The number of H-pyrrole nitrogens is 1. The Morgan fingerprint density at radius 3 is 2.36 bits per heavy atom. The van der Waals surface area contributed by atoms with Crippen molar-refractivity contribution in [2.75, 3.05) is 13.2 Å². The normalized spacial score (nSPS) is 22.6. The number of Topliss-reactive ketones (excluding diaryl/α,β-unsaturated/α-hetero) is 1. The standard InChI is InChI=1S/C37H46FN3O6/c1-4-33(43)46-37(22(2)3)47-36(45)31-20-27-18-23(10-15-30(27)40-31)19-32(42)34-28(24-8-6-5-7-9-24)16-17-41(34)35(44)26-13-11-25(12-14-26)29(39)21-38/h5-10,15,18,20,22,25-26,28-29,34,37,40H,4,11-14,16-17,19,21,39H2,1-3H3/t25?,26?,28-,29-,34+,37?/m1/s1. The van der Waals surface area contributed by atoms with E-state index in [0.29, 0.717) is 44.2 Å². The van der Waals surface area contributed by atoms with Gasteiger partial charge in [-0.2, -0.15) is 0 Å². The Labute approximate surface area is 275 Å². The van der Waals surface area contributed by atoms with Crippen LogP contribution in [0.1, 0.15) is 86.8 Å². The van der Waals surface area contributed by atoms with Crippen molar-refractivity contribution in [2.24, 2.45) is 23.5 Å². The largest absolute Gasteiger partial charge is 0.425 e. The molecule has 1 saturated carbocycles. The van der Waals surface area contributed by atoms with Crippen molar-refractivity contribution in [3.63, 3.8) is 0 Å². The fraction of sp³-hybridized carbons (Fsp3) is 0.514. The van der Waals surface area contributed by atoms with Gasteiger partial charge >= 0.3 is 11.9 Å². The number of hydrogen-bond donors (Lipinski definition) is 2. The highest BCUT2D eigenvalue weighted by Gasteiger charge is 2.44. The number of nitrogens with two attached hydrogens (primary N) is 1. The van der Waals surface area contributed by atoms with Crippen molar-refractivity contribution in [3.8, 4) is 0 Å². The van der Waals surface area contributed by atoms with E-state index in [4.69, 9.17) is 15.2 Å². The lowest BCUT2D eigenvalue weighted by Gasteiger charge is -2.35. The number of ether oxygens (including phenoxy) is 2. The average Bonchev–Trinajstić information content (AvgIpc) is 3.72. The maximum absolute atomic E-state index is 14.1. The van der Waals surface area contributed by atoms with Crippen LogP contribution in [0.25, 0.3) is 10.9 Å². The van der Waals surface area contributed by atoms with Crippen LogP contribution >= 0.6 is 0 Å². The van der Waals surface area contributed by atoms with Gasteiger partial charge < -0.3 is 25.1 Å². The van der Waals surface area contributed by atoms with Gasteiger partial charge in [0.15, 0.2) is 5.78 Å². The summed E-state index contributed by atoms with van der Waals surface area (Å²) in [6.45, 7) is 5.22. The van der Waals surface area contributed by atoms with E-state index in [2.05, 4.69) is 4.98 Å². The fourth-order valence-corrected chi connectivity index (χ4v) is 7.03. The number of amides is 1. The third-order valence-corrected chi connectivity index (χ3v) is 9.73. The number of aromatic amines is 1. The van der Waals surface area contributed by atoms with E-state index in [1.54, 1.807) is 31.7 Å². The SMILES string of the molecule is CCC(=O)OC(OC(=O)c1cc2cc(CC(=O)[C@@H]3[C@@H](c4ccccc4)CCN3C(=O)C3CCC([C@H](N)CF)CC3)ccc2[nH]1)C(C)C. The number of fused-ring (bicyclic) bond motifs is 1. The molecular weight excluding hydrogens is 601 g/mol. The Morgan fingerprint density at radius 2 is 1.70 bits per heavy atom. The first-order valence-electron chi connectivity index (χ1n) is 16.8. The summed E-state index contributed by atoms with van der Waals surface area (Å²) in [5, 5.41) is 0.733. The summed E-state index contributed by atoms with van der Waals surface area (Å²) in [4.78, 5) is 57.7. The van der Waals surface area contributed by atoms with E-state index in [9.17, 15) is 23.6 Å². The van der Waals surface area contributed by atoms with Gasteiger partial charge in [0.2, 0.25) is 12.2 Å². The summed E-state index contributed by atoms with van der Waals surface area (Å²) >= 11 is 0. The number of aromatic nitrogens is 1. The van der Waals surface area contributed by atoms with Gasteiger partial charge in [-0.15, -0.1) is 0 Å². The van der Waals surface area contributed by atoms with Gasteiger partial charge in [-0.1, -0.05) is 57.2 Å². The Bertz CT molecular complexity index is 1560. The van der Waals surface area contributed by atoms with Crippen LogP contribution in [-0.2, 0) is 30.3 Å². The van der Waals surface area contributed by atoms with Crippen LogP contribution in [0.5, 0.6) is 0 Å². The Morgan fingerprint density at radius 1 is 0.979 bits per heavy atom. The highest BCUT2D eigenvalue weighted by molar-refractivity contribution is 5.96. The molecule has 2 heterocycles. The molecule has 0 radical (unpaired) electrons. The second-order valence-electron chi connectivity index (χ2n) is 13.3. The summed E-state index contributed by atoms with van der Waals surface area (Å²) in [5.74, 6) is -1.59. The van der Waals surface area contributed by atoms with Gasteiger partial charge in [0.25, 0.3) is 0 Å². The zero-order chi connectivity index (χ0) is 33.7. The number of ketones is 1. The number of hydrogen-bond acceptors (Lipinski definition) is 7. The first-order valence-corrected chi connectivity index (χ1v) is 16.8. The van der Waals surface area contributed by atoms with Crippen LogP contribution in [0.4, 0.5) is 4.39 Å². The summed E-state index contributed by atoms with van der Waals surface area (Å²) in [6.07, 6.45) is 2.71. The zero-order valence-electron chi connectivity index (χ0n) is 27.5. The Balaban J connectivity index is 1.32. The molecule has 47 heavy (non-hydrogen) atoms. The van der Waals surface area contributed by atoms with Crippen LogP contribution in [0.2, 0.25) is 0 Å². The van der Waals surface area contributed by atoms with Gasteiger partial charge in [-0.05, 0) is 67.3 Å². The van der Waals surface area contributed by atoms with Crippen LogP contribution in [0, 0.1) is 17.8 Å². The molecule has 4 atom stereocenters. The van der Waals surface area contributed by atoms with E-state index in [1.165, 1.54) is 0 Å². The number of benzene rings is 2. The summed E-state index contributed by atoms with van der Waals surface area (Å²) in [5.41, 5.74) is 8.66. The average molecular weight is 648 g/mol. The predicted molar refractivity (Wildman–Crippen MR) is 176 cm³/mol. The predicted octanol–water partition coefficient (Wildman–Crippen LogP) is 5.86. The lowest BCUT2D eigenvalue weighted by atomic mass is 9.78. The van der Waals surface area contributed by atoms with Crippen LogP contribution in [-0.4, -0.2) is 65.1 Å². The molecule has 252 valence electrons. The maximum atomic E-state index is 14.1. The minimum absolute atomic E-state index is 0.00242. The molecule has 9 nitrogen and oxygen atoms in total. The second kappa shape index (κ2) is 15.2. The van der Waals surface area contributed by atoms with Crippen molar-refractivity contribution < 1.29 is 33.0 Å². The summed E-state index contributed by atoms with van der Waals surface area (Å²) in [7, 11) is 0. The zero-order valence-corrected chi connectivity index (χ0v) is 27.5.